The van der Waals surface area contributed by atoms with E-state index in [2.05, 4.69) is 146 Å². The van der Waals surface area contributed by atoms with Gasteiger partial charge in [-0.15, -0.1) is 0 Å². The zero-order chi connectivity index (χ0) is 38.2. The van der Waals surface area contributed by atoms with Crippen LogP contribution in [0.15, 0.2) is 75.8 Å². The molecule has 0 spiro atoms. The first-order valence-electron chi connectivity index (χ1n) is 21.3. The van der Waals surface area contributed by atoms with Gasteiger partial charge in [-0.3, -0.25) is 0 Å². The van der Waals surface area contributed by atoms with Gasteiger partial charge in [0, 0.05) is 44.4 Å². The maximum atomic E-state index is 7.49. The molecule has 0 amide bonds. The quantitative estimate of drug-likeness (QED) is 0.166. The fraction of sp³-hybridized carbons (Fsp3) is 0.480. The second-order valence-electron chi connectivity index (χ2n) is 21.3. The van der Waals surface area contributed by atoms with E-state index in [9.17, 15) is 0 Å². The standard InChI is InChI=1S/C50H57BN2O2/c1-45(2)23-25-47(5,6)42-38(45)37(29-54-42)52-36-28-30(53-35-20-14-12-18-33(35)49(9)21-15-16-22-50(49,53)10)27-32-31-17-11-13-19-34(31)51(40(32)36)44-41(52)39-43(55-44)48(7,8)26-24-46(39,3)4/h11-14,17-20,27-29H,15-16,21-26H2,1-10H3. The Morgan fingerprint density at radius 3 is 2.04 bits per heavy atom. The number of hydrogen-bond acceptors (Lipinski definition) is 4. The summed E-state index contributed by atoms with van der Waals surface area (Å²) in [6.07, 6.45) is 11.5. The molecular weight excluding hydrogens is 671 g/mol. The van der Waals surface area contributed by atoms with Crippen molar-refractivity contribution in [3.63, 3.8) is 0 Å². The number of furan rings is 2. The highest BCUT2D eigenvalue weighted by Crippen LogP contribution is 2.63. The molecule has 3 aliphatic carbocycles. The Labute approximate surface area is 328 Å². The first-order valence-corrected chi connectivity index (χ1v) is 21.3. The number of fused-ring (bicyclic) bond motifs is 11. The Balaban J connectivity index is 1.27. The summed E-state index contributed by atoms with van der Waals surface area (Å²) in [5.74, 6) is 2.32. The SMILES string of the molecule is CC1(C)CCC(C)(C)c2c(N3c4cc(N5c6ccccc6C6(C)CCCCC56C)cc5c4B(c4ccccc4-5)c4oc5c(c43)C(C)(C)CCC5(C)C)coc21. The molecule has 2 unspecified atom stereocenters. The molecule has 282 valence electrons. The summed E-state index contributed by atoms with van der Waals surface area (Å²) in [5, 5.41) is 0. The van der Waals surface area contributed by atoms with Crippen LogP contribution < -0.4 is 26.4 Å². The van der Waals surface area contributed by atoms with Crippen molar-refractivity contribution in [3.8, 4) is 11.1 Å². The van der Waals surface area contributed by atoms with Gasteiger partial charge in [-0.2, -0.15) is 0 Å². The summed E-state index contributed by atoms with van der Waals surface area (Å²) in [5.41, 5.74) is 17.1. The smallest absolute Gasteiger partial charge is 0.293 e. The van der Waals surface area contributed by atoms with Crippen molar-refractivity contribution in [1.82, 2.24) is 0 Å². The second-order valence-corrected chi connectivity index (χ2v) is 21.3. The Morgan fingerprint density at radius 2 is 1.25 bits per heavy atom. The molecule has 2 aromatic heterocycles. The van der Waals surface area contributed by atoms with E-state index in [1.807, 2.05) is 0 Å². The minimum Gasteiger partial charge on any atom is -0.472 e. The molecule has 6 aliphatic rings. The van der Waals surface area contributed by atoms with E-state index < -0.39 is 0 Å². The molecule has 0 radical (unpaired) electrons. The summed E-state index contributed by atoms with van der Waals surface area (Å²) in [7, 11) is 0. The first kappa shape index (κ1) is 34.2. The van der Waals surface area contributed by atoms with E-state index >= 15 is 0 Å². The van der Waals surface area contributed by atoms with Gasteiger partial charge in [-0.25, -0.2) is 0 Å². The van der Waals surface area contributed by atoms with Gasteiger partial charge < -0.3 is 18.6 Å². The molecule has 5 heteroatoms. The molecule has 11 rings (SSSR count). The third kappa shape index (κ3) is 4.11. The third-order valence-corrected chi connectivity index (χ3v) is 16.2. The molecule has 1 fully saturated rings. The van der Waals surface area contributed by atoms with Crippen LogP contribution in [0.1, 0.15) is 149 Å². The summed E-state index contributed by atoms with van der Waals surface area (Å²) < 4.78 is 14.4. The predicted molar refractivity (Wildman–Crippen MR) is 229 cm³/mol. The predicted octanol–water partition coefficient (Wildman–Crippen LogP) is 11.6. The summed E-state index contributed by atoms with van der Waals surface area (Å²) in [6, 6.07) is 23.7. The van der Waals surface area contributed by atoms with Crippen molar-refractivity contribution in [3.05, 3.63) is 95.1 Å². The van der Waals surface area contributed by atoms with E-state index in [-0.39, 0.29) is 39.3 Å². The van der Waals surface area contributed by atoms with Crippen LogP contribution in [0, 0.1) is 0 Å². The van der Waals surface area contributed by atoms with E-state index in [1.54, 1.807) is 0 Å². The molecule has 55 heavy (non-hydrogen) atoms. The Hall–Kier alpha value is -4.12. The average Bonchev–Trinajstić information content (AvgIpc) is 3.90. The normalized spacial score (nSPS) is 26.8. The molecular formula is C50H57BN2O2. The van der Waals surface area contributed by atoms with E-state index in [1.165, 1.54) is 98.6 Å². The average molecular weight is 729 g/mol. The molecule has 5 heterocycles. The van der Waals surface area contributed by atoms with Gasteiger partial charge in [0.1, 0.15) is 17.8 Å². The minimum absolute atomic E-state index is 0.0345. The number of anilines is 5. The van der Waals surface area contributed by atoms with Crippen LogP contribution >= 0.6 is 0 Å². The monoisotopic (exact) mass is 728 g/mol. The highest BCUT2D eigenvalue weighted by atomic mass is 16.3. The largest absolute Gasteiger partial charge is 0.472 e. The van der Waals surface area contributed by atoms with Crippen molar-refractivity contribution in [2.75, 3.05) is 9.80 Å². The second kappa shape index (κ2) is 10.4. The maximum Gasteiger partial charge on any atom is 0.293 e. The van der Waals surface area contributed by atoms with Crippen molar-refractivity contribution >= 4 is 51.7 Å². The molecule has 3 aliphatic heterocycles. The zero-order valence-corrected chi connectivity index (χ0v) is 34.8. The van der Waals surface area contributed by atoms with Crippen LogP contribution in [0.2, 0.25) is 0 Å². The lowest BCUT2D eigenvalue weighted by Gasteiger charge is -2.50. The van der Waals surface area contributed by atoms with Crippen LogP contribution in [0.5, 0.6) is 0 Å². The first-order chi connectivity index (χ1) is 26.0. The van der Waals surface area contributed by atoms with Gasteiger partial charge in [0.05, 0.1) is 22.6 Å². The number of benzene rings is 3. The Bertz CT molecular complexity index is 2480. The van der Waals surface area contributed by atoms with Crippen molar-refractivity contribution in [2.45, 2.75) is 153 Å². The lowest BCUT2D eigenvalue weighted by molar-refractivity contribution is 0.195. The van der Waals surface area contributed by atoms with Crippen molar-refractivity contribution in [2.24, 2.45) is 0 Å². The van der Waals surface area contributed by atoms with Gasteiger partial charge in [-0.1, -0.05) is 123 Å². The molecule has 0 bridgehead atoms. The number of hydrogen-bond donors (Lipinski definition) is 0. The lowest BCUT2D eigenvalue weighted by Crippen LogP contribution is -2.55. The molecule has 0 saturated heterocycles. The highest BCUT2D eigenvalue weighted by molar-refractivity contribution is 7.00. The molecule has 0 N–H and O–H groups in total. The number of rotatable bonds is 2. The topological polar surface area (TPSA) is 32.8 Å². The maximum absolute atomic E-state index is 7.49. The minimum atomic E-state index is -0.0669. The fourth-order valence-electron chi connectivity index (χ4n) is 12.7. The van der Waals surface area contributed by atoms with Gasteiger partial charge in [-0.05, 0) is 96.6 Å². The van der Waals surface area contributed by atoms with E-state index in [0.29, 0.717) is 0 Å². The van der Waals surface area contributed by atoms with Crippen LogP contribution in [-0.2, 0) is 27.1 Å². The van der Waals surface area contributed by atoms with Gasteiger partial charge in [0.2, 0.25) is 0 Å². The van der Waals surface area contributed by atoms with Gasteiger partial charge >= 0.3 is 0 Å². The Kier molecular flexibility index (Phi) is 6.48. The molecule has 5 aromatic rings. The zero-order valence-electron chi connectivity index (χ0n) is 34.8. The fourth-order valence-corrected chi connectivity index (χ4v) is 12.7. The third-order valence-electron chi connectivity index (χ3n) is 16.2. The van der Waals surface area contributed by atoms with Crippen LogP contribution in [0.4, 0.5) is 28.4 Å². The van der Waals surface area contributed by atoms with Gasteiger partial charge in [0.25, 0.3) is 6.71 Å². The Morgan fingerprint density at radius 1 is 0.600 bits per heavy atom. The molecule has 4 nitrogen and oxygen atoms in total. The van der Waals surface area contributed by atoms with Crippen molar-refractivity contribution < 1.29 is 8.83 Å². The van der Waals surface area contributed by atoms with E-state index in [0.717, 1.165) is 37.1 Å². The van der Waals surface area contributed by atoms with Gasteiger partial charge in [0.15, 0.2) is 0 Å². The molecule has 1 saturated carbocycles. The lowest BCUT2D eigenvalue weighted by atomic mass is 9.39. The number of nitrogens with zero attached hydrogens (tertiary/aromatic N) is 2. The summed E-state index contributed by atoms with van der Waals surface area (Å²) in [6.45, 7) is 24.5. The van der Waals surface area contributed by atoms with E-state index in [4.69, 9.17) is 8.83 Å². The highest BCUT2D eigenvalue weighted by Gasteiger charge is 2.59. The summed E-state index contributed by atoms with van der Waals surface area (Å²) in [4.78, 5) is 5.44. The number of para-hydroxylation sites is 1. The molecule has 2 atom stereocenters. The van der Waals surface area contributed by atoms with Crippen LogP contribution in [0.25, 0.3) is 11.1 Å². The van der Waals surface area contributed by atoms with Crippen LogP contribution in [-0.4, -0.2) is 12.3 Å². The van der Waals surface area contributed by atoms with Crippen molar-refractivity contribution in [1.29, 1.82) is 0 Å². The molecule has 3 aromatic carbocycles. The summed E-state index contributed by atoms with van der Waals surface area (Å²) >= 11 is 0. The van der Waals surface area contributed by atoms with Crippen LogP contribution in [0.3, 0.4) is 0 Å².